The molecule has 1 nitrogen and oxygen atoms in total. The predicted molar refractivity (Wildman–Crippen MR) is 88.5 cm³/mol. The summed E-state index contributed by atoms with van der Waals surface area (Å²) in [7, 11) is 0. The molecule has 5 atom stereocenters. The van der Waals surface area contributed by atoms with Gasteiger partial charge in [0.05, 0.1) is 0 Å². The largest absolute Gasteiger partial charge is 0.305 e. The quantitative estimate of drug-likeness (QED) is 0.582. The Morgan fingerprint density at radius 3 is 2.76 bits per heavy atom. The van der Waals surface area contributed by atoms with Crippen LogP contribution in [0.25, 0.3) is 0 Å². The average Bonchev–Trinajstić information content (AvgIpc) is 2.76. The molecule has 4 aliphatic carbocycles. The van der Waals surface area contributed by atoms with E-state index in [4.69, 9.17) is 5.41 Å². The molecule has 0 aromatic carbocycles. The van der Waals surface area contributed by atoms with E-state index in [0.717, 1.165) is 29.9 Å². The molecule has 112 valence electrons. The maximum Gasteiger partial charge on any atom is 0.0317 e. The van der Waals surface area contributed by atoms with E-state index in [1.807, 2.05) is 0 Å². The van der Waals surface area contributed by atoms with Gasteiger partial charge in [-0.1, -0.05) is 31.2 Å². The Labute approximate surface area is 128 Å². The summed E-state index contributed by atoms with van der Waals surface area (Å²) >= 11 is 0. The number of hydrogen-bond donors (Lipinski definition) is 1. The van der Waals surface area contributed by atoms with E-state index >= 15 is 0 Å². The number of nitrogens with one attached hydrogen (secondary N) is 1. The summed E-state index contributed by atoms with van der Waals surface area (Å²) in [5, 5.41) is 7.98. The second-order valence-corrected chi connectivity index (χ2v) is 8.11. The van der Waals surface area contributed by atoms with E-state index in [-0.39, 0.29) is 0 Å². The highest BCUT2D eigenvalue weighted by Crippen LogP contribution is 2.63. The van der Waals surface area contributed by atoms with Crippen LogP contribution < -0.4 is 0 Å². The van der Waals surface area contributed by atoms with Crippen LogP contribution in [0.4, 0.5) is 0 Å². The molecule has 0 spiro atoms. The lowest BCUT2D eigenvalue weighted by atomic mass is 9.51. The first-order valence-electron chi connectivity index (χ1n) is 8.66. The van der Waals surface area contributed by atoms with E-state index in [1.165, 1.54) is 55.2 Å². The molecule has 0 bridgehead atoms. The van der Waals surface area contributed by atoms with Crippen molar-refractivity contribution in [2.75, 3.05) is 0 Å². The molecule has 0 amide bonds. The van der Waals surface area contributed by atoms with Crippen LogP contribution in [-0.2, 0) is 0 Å². The van der Waals surface area contributed by atoms with Gasteiger partial charge in [0, 0.05) is 5.71 Å². The predicted octanol–water partition coefficient (Wildman–Crippen LogP) is 5.30. The molecule has 0 aromatic rings. The minimum atomic E-state index is 0.407. The third-order valence-electron chi connectivity index (χ3n) is 7.31. The van der Waals surface area contributed by atoms with Gasteiger partial charge in [0.15, 0.2) is 0 Å². The van der Waals surface area contributed by atoms with Crippen molar-refractivity contribution in [2.24, 2.45) is 29.1 Å². The van der Waals surface area contributed by atoms with E-state index < -0.39 is 0 Å². The molecule has 0 saturated heterocycles. The summed E-state index contributed by atoms with van der Waals surface area (Å²) in [6, 6.07) is 0. The van der Waals surface area contributed by atoms with Gasteiger partial charge in [-0.25, -0.2) is 0 Å². The van der Waals surface area contributed by atoms with Gasteiger partial charge >= 0.3 is 0 Å². The smallest absolute Gasteiger partial charge is 0.0317 e. The fourth-order valence-corrected chi connectivity index (χ4v) is 6.06. The summed E-state index contributed by atoms with van der Waals surface area (Å²) in [6.45, 7) is 11.3. The maximum absolute atomic E-state index is 7.98. The third-order valence-corrected chi connectivity index (χ3v) is 7.31. The molecule has 21 heavy (non-hydrogen) atoms. The van der Waals surface area contributed by atoms with Crippen LogP contribution in [0.2, 0.25) is 0 Å². The van der Waals surface area contributed by atoms with Crippen LogP contribution in [-0.4, -0.2) is 5.71 Å². The number of rotatable bonds is 0. The molecule has 3 saturated carbocycles. The van der Waals surface area contributed by atoms with Crippen molar-refractivity contribution in [2.45, 2.75) is 51.9 Å². The number of hydrogen-bond acceptors (Lipinski definition) is 1. The Morgan fingerprint density at radius 1 is 1.14 bits per heavy atom. The Hall–Kier alpha value is -1.11. The van der Waals surface area contributed by atoms with Crippen molar-refractivity contribution in [3.63, 3.8) is 0 Å². The summed E-state index contributed by atoms with van der Waals surface area (Å²) in [5.41, 5.74) is 5.52. The number of allylic oxidation sites excluding steroid dienone is 4. The fraction of sp³-hybridized carbons (Fsp3) is 0.650. The van der Waals surface area contributed by atoms with Crippen LogP contribution in [0.5, 0.6) is 0 Å². The molecule has 3 fully saturated rings. The highest BCUT2D eigenvalue weighted by atomic mass is 14.6. The second-order valence-electron chi connectivity index (χ2n) is 8.11. The lowest BCUT2D eigenvalue weighted by molar-refractivity contribution is 0.0264. The van der Waals surface area contributed by atoms with Gasteiger partial charge in [-0.05, 0) is 85.7 Å². The maximum atomic E-state index is 7.98. The zero-order valence-corrected chi connectivity index (χ0v) is 13.3. The van der Waals surface area contributed by atoms with Crippen LogP contribution in [0.3, 0.4) is 0 Å². The summed E-state index contributed by atoms with van der Waals surface area (Å²) in [4.78, 5) is 0. The van der Waals surface area contributed by atoms with Gasteiger partial charge in [-0.3, -0.25) is 0 Å². The Bertz CT molecular complexity index is 566. The normalized spacial score (nSPS) is 45.8. The van der Waals surface area contributed by atoms with E-state index in [0.29, 0.717) is 11.3 Å². The Balaban J connectivity index is 1.70. The molecular weight excluding hydrogens is 254 g/mol. The van der Waals surface area contributed by atoms with Gasteiger partial charge in [-0.2, -0.15) is 0 Å². The molecule has 4 rings (SSSR count). The monoisotopic (exact) mass is 281 g/mol. The lowest BCUT2D eigenvalue weighted by Crippen LogP contribution is -2.45. The van der Waals surface area contributed by atoms with E-state index in [9.17, 15) is 0 Å². The molecule has 5 unspecified atom stereocenters. The Morgan fingerprint density at radius 2 is 1.95 bits per heavy atom. The highest BCUT2D eigenvalue weighted by molar-refractivity contribution is 5.94. The van der Waals surface area contributed by atoms with Crippen molar-refractivity contribution in [3.8, 4) is 0 Å². The minimum absolute atomic E-state index is 0.407. The number of fused-ring (bicyclic) bond motifs is 5. The van der Waals surface area contributed by atoms with Crippen molar-refractivity contribution in [1.82, 2.24) is 0 Å². The Kier molecular flexibility index (Phi) is 2.87. The molecular formula is C20H27N. The van der Waals surface area contributed by atoms with Crippen molar-refractivity contribution < 1.29 is 0 Å². The SMILES string of the molecule is C=C1CC2C(CCC3(C)C(=C)CCC23)C2CCC(=N)C=C12. The third kappa shape index (κ3) is 1.79. The summed E-state index contributed by atoms with van der Waals surface area (Å²) < 4.78 is 0. The van der Waals surface area contributed by atoms with Crippen molar-refractivity contribution in [1.29, 1.82) is 5.41 Å². The van der Waals surface area contributed by atoms with Gasteiger partial charge in [-0.15, -0.1) is 0 Å². The molecule has 0 aromatic heterocycles. The topological polar surface area (TPSA) is 23.9 Å². The first-order valence-corrected chi connectivity index (χ1v) is 8.66. The van der Waals surface area contributed by atoms with Crippen LogP contribution in [0, 0.1) is 34.5 Å². The van der Waals surface area contributed by atoms with Gasteiger partial charge in [0.1, 0.15) is 0 Å². The molecule has 0 radical (unpaired) electrons. The molecule has 1 N–H and O–H groups in total. The average molecular weight is 281 g/mol. The van der Waals surface area contributed by atoms with E-state index in [2.05, 4.69) is 26.2 Å². The van der Waals surface area contributed by atoms with Crippen molar-refractivity contribution in [3.05, 3.63) is 36.0 Å². The lowest BCUT2D eigenvalue weighted by Gasteiger charge is -2.53. The fourth-order valence-electron chi connectivity index (χ4n) is 6.06. The molecule has 4 aliphatic rings. The first kappa shape index (κ1) is 13.5. The molecule has 0 aliphatic heterocycles. The van der Waals surface area contributed by atoms with Crippen molar-refractivity contribution >= 4 is 5.71 Å². The standard InChI is InChI=1S/C20H27N/c1-12-10-18-16(15-6-5-14(21)11-17(12)15)8-9-20(3)13(2)4-7-19(18)20/h11,15-16,18-19,21H,1-2,4-10H2,3H3. The summed E-state index contributed by atoms with van der Waals surface area (Å²) in [5.74, 6) is 3.20. The molecule has 1 heteroatoms. The second kappa shape index (κ2) is 4.44. The molecule has 0 heterocycles. The van der Waals surface area contributed by atoms with Gasteiger partial charge < -0.3 is 5.41 Å². The minimum Gasteiger partial charge on any atom is -0.305 e. The van der Waals surface area contributed by atoms with Gasteiger partial charge in [0.2, 0.25) is 0 Å². The zero-order valence-electron chi connectivity index (χ0n) is 13.3. The summed E-state index contributed by atoms with van der Waals surface area (Å²) in [6.07, 6.45) is 10.8. The van der Waals surface area contributed by atoms with Crippen LogP contribution >= 0.6 is 0 Å². The van der Waals surface area contributed by atoms with Gasteiger partial charge in [0.25, 0.3) is 0 Å². The van der Waals surface area contributed by atoms with Crippen LogP contribution in [0.15, 0.2) is 36.0 Å². The highest BCUT2D eigenvalue weighted by Gasteiger charge is 2.54. The zero-order chi connectivity index (χ0) is 14.8. The first-order chi connectivity index (χ1) is 10.0. The van der Waals surface area contributed by atoms with E-state index in [1.54, 1.807) is 0 Å². The van der Waals surface area contributed by atoms with Crippen LogP contribution in [0.1, 0.15) is 51.9 Å².